The van der Waals surface area contributed by atoms with E-state index in [-0.39, 0.29) is 23.6 Å². The lowest BCUT2D eigenvalue weighted by Crippen LogP contribution is -2.16. The SMILES string of the molecule is CC(C)(C)CCC(=O)Nc1nc2ccc(F)cn2c1-c1ccc(C(F)(F)F)cc1. The number of benzene rings is 1. The number of halogens is 4. The van der Waals surface area contributed by atoms with Crippen molar-refractivity contribution in [3.63, 3.8) is 0 Å². The molecule has 0 radical (unpaired) electrons. The zero-order valence-corrected chi connectivity index (χ0v) is 16.3. The molecule has 154 valence electrons. The zero-order valence-electron chi connectivity index (χ0n) is 16.3. The molecule has 0 fully saturated rings. The van der Waals surface area contributed by atoms with Crippen molar-refractivity contribution < 1.29 is 22.4 Å². The Morgan fingerprint density at radius 2 is 1.72 bits per heavy atom. The van der Waals surface area contributed by atoms with Crippen molar-refractivity contribution in [2.24, 2.45) is 5.41 Å². The van der Waals surface area contributed by atoms with Gasteiger partial charge in [-0.05, 0) is 36.1 Å². The van der Waals surface area contributed by atoms with Crippen LogP contribution < -0.4 is 5.32 Å². The fraction of sp³-hybridized carbons (Fsp3) is 0.333. The number of aromatic nitrogens is 2. The molecule has 0 aliphatic rings. The lowest BCUT2D eigenvalue weighted by Gasteiger charge is -2.17. The van der Waals surface area contributed by atoms with Crippen LogP contribution in [0.3, 0.4) is 0 Å². The minimum atomic E-state index is -4.46. The van der Waals surface area contributed by atoms with E-state index in [2.05, 4.69) is 10.3 Å². The molecule has 1 aromatic carbocycles. The van der Waals surface area contributed by atoms with Gasteiger partial charge in [0.2, 0.25) is 5.91 Å². The number of nitrogens with zero attached hydrogens (tertiary/aromatic N) is 2. The fourth-order valence-corrected chi connectivity index (χ4v) is 2.88. The van der Waals surface area contributed by atoms with Crippen LogP contribution >= 0.6 is 0 Å². The van der Waals surface area contributed by atoms with Gasteiger partial charge < -0.3 is 5.32 Å². The molecular weight excluding hydrogens is 386 g/mol. The summed E-state index contributed by atoms with van der Waals surface area (Å²) in [6, 6.07) is 7.11. The third-order valence-electron chi connectivity index (χ3n) is 4.43. The molecule has 3 aromatic rings. The molecule has 1 N–H and O–H groups in total. The average Bonchev–Trinajstić information content (AvgIpc) is 2.95. The highest BCUT2D eigenvalue weighted by Crippen LogP contribution is 2.34. The highest BCUT2D eigenvalue weighted by molar-refractivity contribution is 5.94. The first-order chi connectivity index (χ1) is 13.4. The third-order valence-corrected chi connectivity index (χ3v) is 4.43. The number of fused-ring (bicyclic) bond motifs is 1. The third kappa shape index (κ3) is 4.93. The van der Waals surface area contributed by atoms with Crippen LogP contribution in [-0.4, -0.2) is 15.3 Å². The minimum absolute atomic E-state index is 0.0321. The van der Waals surface area contributed by atoms with E-state index in [0.29, 0.717) is 23.3 Å². The highest BCUT2D eigenvalue weighted by Gasteiger charge is 2.30. The molecule has 0 aliphatic carbocycles. The first-order valence-electron chi connectivity index (χ1n) is 9.09. The van der Waals surface area contributed by atoms with Crippen LogP contribution in [0.1, 0.15) is 39.2 Å². The van der Waals surface area contributed by atoms with Gasteiger partial charge in [-0.2, -0.15) is 13.2 Å². The zero-order chi connectivity index (χ0) is 21.4. The van der Waals surface area contributed by atoms with Gasteiger partial charge >= 0.3 is 6.18 Å². The number of pyridine rings is 1. The Bertz CT molecular complexity index is 1030. The largest absolute Gasteiger partial charge is 0.416 e. The fourth-order valence-electron chi connectivity index (χ4n) is 2.88. The van der Waals surface area contributed by atoms with Crippen molar-refractivity contribution in [2.75, 3.05) is 5.32 Å². The Morgan fingerprint density at radius 3 is 2.31 bits per heavy atom. The van der Waals surface area contributed by atoms with E-state index >= 15 is 0 Å². The Labute approximate surface area is 165 Å². The molecular formula is C21H21F4N3O. The summed E-state index contributed by atoms with van der Waals surface area (Å²) >= 11 is 0. The summed E-state index contributed by atoms with van der Waals surface area (Å²) in [5, 5.41) is 2.72. The molecule has 0 saturated carbocycles. The Morgan fingerprint density at radius 1 is 1.07 bits per heavy atom. The lowest BCUT2D eigenvalue weighted by molar-refractivity contribution is -0.137. The molecule has 0 bridgehead atoms. The van der Waals surface area contributed by atoms with E-state index in [9.17, 15) is 22.4 Å². The summed E-state index contributed by atoms with van der Waals surface area (Å²) in [7, 11) is 0. The first kappa shape index (κ1) is 20.8. The van der Waals surface area contributed by atoms with Crippen LogP contribution in [0.25, 0.3) is 16.9 Å². The molecule has 1 amide bonds. The van der Waals surface area contributed by atoms with E-state index < -0.39 is 17.6 Å². The van der Waals surface area contributed by atoms with Crippen molar-refractivity contribution in [1.29, 1.82) is 0 Å². The summed E-state index contributed by atoms with van der Waals surface area (Å²) in [6.45, 7) is 6.05. The second-order valence-corrected chi connectivity index (χ2v) is 8.07. The van der Waals surface area contributed by atoms with Crippen LogP contribution in [0.2, 0.25) is 0 Å². The van der Waals surface area contributed by atoms with E-state index in [1.54, 1.807) is 0 Å². The van der Waals surface area contributed by atoms with Gasteiger partial charge in [-0.1, -0.05) is 32.9 Å². The van der Waals surface area contributed by atoms with E-state index in [0.717, 1.165) is 12.1 Å². The van der Waals surface area contributed by atoms with E-state index in [1.807, 2.05) is 20.8 Å². The van der Waals surface area contributed by atoms with Gasteiger partial charge in [-0.25, -0.2) is 9.37 Å². The molecule has 3 rings (SSSR count). The number of rotatable bonds is 4. The standard InChI is InChI=1S/C21H21F4N3O/c1-20(2,3)11-10-17(29)27-19-18(28-12-15(22)8-9-16(28)26-19)13-4-6-14(7-5-13)21(23,24)25/h4-9,12H,10-11H2,1-3H3,(H,27,29). The molecule has 0 spiro atoms. The monoisotopic (exact) mass is 407 g/mol. The van der Waals surface area contributed by atoms with Crippen molar-refractivity contribution in [3.8, 4) is 11.3 Å². The number of amides is 1. The van der Waals surface area contributed by atoms with Gasteiger partial charge in [0.25, 0.3) is 0 Å². The van der Waals surface area contributed by atoms with Crippen LogP contribution in [-0.2, 0) is 11.0 Å². The Kier molecular flexibility index (Phi) is 5.38. The second-order valence-electron chi connectivity index (χ2n) is 8.07. The van der Waals surface area contributed by atoms with Gasteiger partial charge in [0.1, 0.15) is 11.5 Å². The average molecular weight is 407 g/mol. The quantitative estimate of drug-likeness (QED) is 0.546. The topological polar surface area (TPSA) is 46.4 Å². The number of alkyl halides is 3. The molecule has 2 heterocycles. The lowest BCUT2D eigenvalue weighted by atomic mass is 9.90. The normalized spacial score (nSPS) is 12.4. The second kappa shape index (κ2) is 7.50. The number of carbonyl (C=O) groups is 1. The molecule has 0 aliphatic heterocycles. The smallest absolute Gasteiger partial charge is 0.309 e. The molecule has 29 heavy (non-hydrogen) atoms. The van der Waals surface area contributed by atoms with Crippen molar-refractivity contribution in [2.45, 2.75) is 39.8 Å². The number of carbonyl (C=O) groups excluding carboxylic acids is 1. The Balaban J connectivity index is 2.01. The number of hydrogen-bond donors (Lipinski definition) is 1. The first-order valence-corrected chi connectivity index (χ1v) is 9.09. The van der Waals surface area contributed by atoms with E-state index in [1.165, 1.54) is 34.9 Å². The number of nitrogens with one attached hydrogen (secondary N) is 1. The molecule has 0 atom stereocenters. The maximum absolute atomic E-state index is 13.8. The predicted octanol–water partition coefficient (Wildman–Crippen LogP) is 5.92. The predicted molar refractivity (Wildman–Crippen MR) is 103 cm³/mol. The van der Waals surface area contributed by atoms with Gasteiger partial charge in [-0.3, -0.25) is 9.20 Å². The number of hydrogen-bond acceptors (Lipinski definition) is 2. The summed E-state index contributed by atoms with van der Waals surface area (Å²) in [6.07, 6.45) is -2.37. The molecule has 4 nitrogen and oxygen atoms in total. The summed E-state index contributed by atoms with van der Waals surface area (Å²) in [5.41, 5.74) is 0.235. The van der Waals surface area contributed by atoms with Crippen molar-refractivity contribution in [1.82, 2.24) is 9.38 Å². The number of imidazole rings is 1. The maximum Gasteiger partial charge on any atom is 0.416 e. The number of anilines is 1. The molecule has 8 heteroatoms. The maximum atomic E-state index is 13.8. The van der Waals surface area contributed by atoms with Gasteiger partial charge in [0.05, 0.1) is 11.3 Å². The van der Waals surface area contributed by atoms with Crippen molar-refractivity contribution >= 4 is 17.4 Å². The van der Waals surface area contributed by atoms with Crippen molar-refractivity contribution in [3.05, 3.63) is 54.0 Å². The minimum Gasteiger partial charge on any atom is -0.309 e. The molecule has 2 aromatic heterocycles. The van der Waals surface area contributed by atoms with Gasteiger partial charge in [0, 0.05) is 18.2 Å². The van der Waals surface area contributed by atoms with Gasteiger partial charge in [0.15, 0.2) is 5.82 Å². The summed E-state index contributed by atoms with van der Waals surface area (Å²) < 4.78 is 53.8. The summed E-state index contributed by atoms with van der Waals surface area (Å²) in [5.74, 6) is -0.625. The van der Waals surface area contributed by atoms with Crippen LogP contribution in [0, 0.1) is 11.2 Å². The van der Waals surface area contributed by atoms with E-state index in [4.69, 9.17) is 0 Å². The van der Waals surface area contributed by atoms with Gasteiger partial charge in [-0.15, -0.1) is 0 Å². The Hall–Kier alpha value is -2.90. The highest BCUT2D eigenvalue weighted by atomic mass is 19.4. The molecule has 0 saturated heterocycles. The molecule has 0 unspecified atom stereocenters. The van der Waals surface area contributed by atoms with Crippen LogP contribution in [0.4, 0.5) is 23.4 Å². The summed E-state index contributed by atoms with van der Waals surface area (Å²) in [4.78, 5) is 16.7. The van der Waals surface area contributed by atoms with Crippen LogP contribution in [0.15, 0.2) is 42.6 Å². The van der Waals surface area contributed by atoms with Crippen LogP contribution in [0.5, 0.6) is 0 Å².